The smallest absolute Gasteiger partial charge is 0.338 e. The molecule has 2 aromatic heterocycles. The summed E-state index contributed by atoms with van der Waals surface area (Å²) in [6.45, 7) is 8.64. The standard InChI is InChI=1S/C26H27N3O5S/c1-4-33-25(31)22-17(3)27-26-29(23(22)18-7-5-16(2)6-8-18)24(30)20(35-26)15-19-9-10-21(34-19)28-11-13-32-14-12-28/h5-10,15,23H,4,11-14H2,1-3H3/b20-15-/t23-/m1/s1. The lowest BCUT2D eigenvalue weighted by Gasteiger charge is -2.26. The van der Waals surface area contributed by atoms with Crippen LogP contribution >= 0.6 is 11.3 Å². The number of allylic oxidation sites excluding steroid dienone is 1. The molecule has 9 heteroatoms. The molecule has 0 radical (unpaired) electrons. The van der Waals surface area contributed by atoms with E-state index in [1.807, 2.05) is 43.3 Å². The first-order valence-electron chi connectivity index (χ1n) is 11.6. The number of esters is 1. The highest BCUT2D eigenvalue weighted by molar-refractivity contribution is 7.07. The quantitative estimate of drug-likeness (QED) is 0.508. The van der Waals surface area contributed by atoms with Gasteiger partial charge in [-0.1, -0.05) is 41.2 Å². The third kappa shape index (κ3) is 4.49. The monoisotopic (exact) mass is 493 g/mol. The van der Waals surface area contributed by atoms with Crippen molar-refractivity contribution in [3.8, 4) is 0 Å². The molecule has 0 bridgehead atoms. The topological polar surface area (TPSA) is 86.3 Å². The normalized spacial score (nSPS) is 18.4. The molecule has 0 unspecified atom stereocenters. The molecular formula is C26H27N3O5S. The summed E-state index contributed by atoms with van der Waals surface area (Å²) < 4.78 is 18.8. The first kappa shape index (κ1) is 23.3. The fourth-order valence-corrected chi connectivity index (χ4v) is 5.39. The minimum absolute atomic E-state index is 0.224. The molecular weight excluding hydrogens is 466 g/mol. The predicted molar refractivity (Wildman–Crippen MR) is 133 cm³/mol. The van der Waals surface area contributed by atoms with Crippen molar-refractivity contribution < 1.29 is 18.7 Å². The Hall–Kier alpha value is -3.43. The second-order valence-corrected chi connectivity index (χ2v) is 9.50. The van der Waals surface area contributed by atoms with Crippen molar-refractivity contribution in [2.24, 2.45) is 4.99 Å². The number of thiazole rings is 1. The number of nitrogens with zero attached hydrogens (tertiary/aromatic N) is 3. The largest absolute Gasteiger partial charge is 0.463 e. The summed E-state index contributed by atoms with van der Waals surface area (Å²) in [5, 5.41) is 0. The SMILES string of the molecule is CCOC(=O)C1=C(C)N=c2s/c(=C\c3ccc(N4CCOCC4)o3)c(=O)n2[C@@H]1c1ccc(C)cc1. The van der Waals surface area contributed by atoms with Gasteiger partial charge in [-0.05, 0) is 32.4 Å². The molecule has 0 spiro atoms. The molecule has 4 heterocycles. The van der Waals surface area contributed by atoms with Crippen molar-refractivity contribution in [1.29, 1.82) is 0 Å². The molecule has 35 heavy (non-hydrogen) atoms. The lowest BCUT2D eigenvalue weighted by atomic mass is 9.95. The number of aromatic nitrogens is 1. The van der Waals surface area contributed by atoms with E-state index in [2.05, 4.69) is 9.89 Å². The highest BCUT2D eigenvalue weighted by Crippen LogP contribution is 2.31. The number of anilines is 1. The summed E-state index contributed by atoms with van der Waals surface area (Å²) in [7, 11) is 0. The Kier molecular flexibility index (Phi) is 6.44. The maximum Gasteiger partial charge on any atom is 0.338 e. The zero-order valence-electron chi connectivity index (χ0n) is 19.9. The highest BCUT2D eigenvalue weighted by Gasteiger charge is 2.33. The van der Waals surface area contributed by atoms with Gasteiger partial charge in [-0.25, -0.2) is 9.79 Å². The third-order valence-electron chi connectivity index (χ3n) is 6.12. The van der Waals surface area contributed by atoms with Gasteiger partial charge < -0.3 is 18.8 Å². The van der Waals surface area contributed by atoms with Crippen molar-refractivity contribution in [3.05, 3.63) is 84.2 Å². The molecule has 0 saturated carbocycles. The van der Waals surface area contributed by atoms with Crippen LogP contribution in [0.1, 0.15) is 36.8 Å². The van der Waals surface area contributed by atoms with Crippen LogP contribution in [0.3, 0.4) is 0 Å². The summed E-state index contributed by atoms with van der Waals surface area (Å²) in [5.41, 5.74) is 2.62. The van der Waals surface area contributed by atoms with E-state index < -0.39 is 12.0 Å². The highest BCUT2D eigenvalue weighted by atomic mass is 32.1. The van der Waals surface area contributed by atoms with Crippen LogP contribution in [0.5, 0.6) is 0 Å². The average molecular weight is 494 g/mol. The molecule has 8 nitrogen and oxygen atoms in total. The van der Waals surface area contributed by atoms with E-state index >= 15 is 0 Å². The fraction of sp³-hybridized carbons (Fsp3) is 0.346. The van der Waals surface area contributed by atoms with Gasteiger partial charge in [0.25, 0.3) is 5.56 Å². The van der Waals surface area contributed by atoms with Crippen LogP contribution in [0.2, 0.25) is 0 Å². The number of fused-ring (bicyclic) bond motifs is 1. The minimum Gasteiger partial charge on any atom is -0.463 e. The summed E-state index contributed by atoms with van der Waals surface area (Å²) in [6.07, 6.45) is 1.74. The Morgan fingerprint density at radius 1 is 1.17 bits per heavy atom. The van der Waals surface area contributed by atoms with E-state index in [0.717, 1.165) is 30.1 Å². The maximum absolute atomic E-state index is 13.6. The molecule has 2 aliphatic heterocycles. The molecule has 1 aromatic carbocycles. The summed E-state index contributed by atoms with van der Waals surface area (Å²) >= 11 is 1.28. The zero-order chi connectivity index (χ0) is 24.5. The Morgan fingerprint density at radius 2 is 1.91 bits per heavy atom. The number of carbonyl (C=O) groups excluding carboxylic acids is 1. The second kappa shape index (κ2) is 9.67. The third-order valence-corrected chi connectivity index (χ3v) is 7.10. The van der Waals surface area contributed by atoms with E-state index in [-0.39, 0.29) is 12.2 Å². The number of benzene rings is 1. The number of furan rings is 1. The molecule has 3 aromatic rings. The number of hydrogen-bond donors (Lipinski definition) is 0. The van der Waals surface area contributed by atoms with Gasteiger partial charge in [0.05, 0.1) is 41.7 Å². The Balaban J connectivity index is 1.60. The average Bonchev–Trinajstić information content (AvgIpc) is 3.44. The number of carbonyl (C=O) groups is 1. The van der Waals surface area contributed by atoms with Crippen LogP contribution in [0, 0.1) is 6.92 Å². The summed E-state index contributed by atoms with van der Waals surface area (Å²) in [6, 6.07) is 11.0. The van der Waals surface area contributed by atoms with E-state index in [0.29, 0.717) is 39.6 Å². The van der Waals surface area contributed by atoms with Gasteiger partial charge in [0.2, 0.25) is 0 Å². The predicted octanol–water partition coefficient (Wildman–Crippen LogP) is 2.54. The van der Waals surface area contributed by atoms with Gasteiger partial charge in [-0.2, -0.15) is 0 Å². The number of aryl methyl sites for hydroxylation is 1. The van der Waals surface area contributed by atoms with Gasteiger partial charge in [-0.15, -0.1) is 0 Å². The van der Waals surface area contributed by atoms with Crippen LogP contribution < -0.4 is 19.8 Å². The second-order valence-electron chi connectivity index (χ2n) is 8.49. The van der Waals surface area contributed by atoms with Gasteiger partial charge in [0.1, 0.15) is 5.76 Å². The van der Waals surface area contributed by atoms with E-state index in [4.69, 9.17) is 13.9 Å². The van der Waals surface area contributed by atoms with Crippen molar-refractivity contribution in [2.45, 2.75) is 26.8 Å². The molecule has 0 amide bonds. The van der Waals surface area contributed by atoms with Gasteiger partial charge >= 0.3 is 5.97 Å². The van der Waals surface area contributed by atoms with Crippen molar-refractivity contribution in [1.82, 2.24) is 4.57 Å². The van der Waals surface area contributed by atoms with E-state index in [1.54, 1.807) is 24.5 Å². The Bertz CT molecular complexity index is 1460. The molecule has 0 aliphatic carbocycles. The number of rotatable bonds is 5. The summed E-state index contributed by atoms with van der Waals surface area (Å²) in [5.74, 6) is 0.880. The molecule has 1 fully saturated rings. The first-order chi connectivity index (χ1) is 17.0. The molecule has 5 rings (SSSR count). The van der Waals surface area contributed by atoms with Crippen LogP contribution in [-0.4, -0.2) is 43.4 Å². The van der Waals surface area contributed by atoms with Crippen LogP contribution in [0.4, 0.5) is 5.88 Å². The van der Waals surface area contributed by atoms with Gasteiger partial charge in [0, 0.05) is 25.2 Å². The lowest BCUT2D eigenvalue weighted by molar-refractivity contribution is -0.139. The molecule has 1 saturated heterocycles. The van der Waals surface area contributed by atoms with Crippen LogP contribution in [-0.2, 0) is 14.3 Å². The lowest BCUT2D eigenvalue weighted by Crippen LogP contribution is -2.39. The fourth-order valence-electron chi connectivity index (χ4n) is 4.36. The molecule has 2 aliphatic rings. The minimum atomic E-state index is -0.617. The van der Waals surface area contributed by atoms with Gasteiger partial charge in [-0.3, -0.25) is 9.36 Å². The number of morpholine rings is 1. The Morgan fingerprint density at radius 3 is 2.63 bits per heavy atom. The zero-order valence-corrected chi connectivity index (χ0v) is 20.8. The summed E-state index contributed by atoms with van der Waals surface area (Å²) in [4.78, 5) is 33.9. The van der Waals surface area contributed by atoms with Crippen molar-refractivity contribution >= 4 is 29.3 Å². The van der Waals surface area contributed by atoms with Gasteiger partial charge in [0.15, 0.2) is 10.7 Å². The van der Waals surface area contributed by atoms with Crippen molar-refractivity contribution in [3.63, 3.8) is 0 Å². The van der Waals surface area contributed by atoms with Crippen molar-refractivity contribution in [2.75, 3.05) is 37.8 Å². The number of ether oxygens (including phenoxy) is 2. The van der Waals surface area contributed by atoms with E-state index in [1.165, 1.54) is 11.3 Å². The van der Waals surface area contributed by atoms with Crippen LogP contribution in [0.25, 0.3) is 6.08 Å². The molecule has 1 atom stereocenters. The maximum atomic E-state index is 13.6. The molecule has 0 N–H and O–H groups in total. The first-order valence-corrected chi connectivity index (χ1v) is 12.5. The Labute approximate surface area is 206 Å². The van der Waals surface area contributed by atoms with Crippen LogP contribution in [0.15, 0.2) is 61.9 Å². The molecule has 182 valence electrons. The number of hydrogen-bond acceptors (Lipinski definition) is 8. The van der Waals surface area contributed by atoms with E-state index in [9.17, 15) is 9.59 Å².